The molecule has 6 heteroatoms. The summed E-state index contributed by atoms with van der Waals surface area (Å²) in [6.45, 7) is 7.05. The average Bonchev–Trinajstić information content (AvgIpc) is 2.76. The van der Waals surface area contributed by atoms with Crippen molar-refractivity contribution in [3.8, 4) is 0 Å². The molecule has 1 heterocycles. The minimum absolute atomic E-state index is 0.0665. The van der Waals surface area contributed by atoms with E-state index < -0.39 is 14.6 Å². The maximum Gasteiger partial charge on any atom is 0.239 e. The number of rotatable bonds is 5. The molecular weight excluding hydrogens is 252 g/mol. The van der Waals surface area contributed by atoms with Crippen molar-refractivity contribution in [1.82, 2.24) is 10.2 Å². The lowest BCUT2D eigenvalue weighted by atomic mass is 10.2. The first kappa shape index (κ1) is 15.4. The fourth-order valence-corrected chi connectivity index (χ4v) is 2.17. The third-order valence-electron chi connectivity index (χ3n) is 3.63. The molecule has 18 heavy (non-hydrogen) atoms. The highest BCUT2D eigenvalue weighted by atomic mass is 32.2. The smallest absolute Gasteiger partial charge is 0.239 e. The second kappa shape index (κ2) is 5.57. The summed E-state index contributed by atoms with van der Waals surface area (Å²) in [5.74, 6) is 0.0665. The number of hydrogen-bond acceptors (Lipinski definition) is 4. The minimum atomic E-state index is -3.13. The van der Waals surface area contributed by atoms with Gasteiger partial charge >= 0.3 is 0 Å². The highest BCUT2D eigenvalue weighted by Crippen LogP contribution is 2.14. The number of carbonyl (C=O) groups excluding carboxylic acids is 1. The van der Waals surface area contributed by atoms with Gasteiger partial charge < -0.3 is 10.2 Å². The summed E-state index contributed by atoms with van der Waals surface area (Å²) in [4.78, 5) is 13.9. The van der Waals surface area contributed by atoms with Crippen molar-refractivity contribution < 1.29 is 13.2 Å². The van der Waals surface area contributed by atoms with Crippen LogP contribution < -0.4 is 5.32 Å². The van der Waals surface area contributed by atoms with Crippen molar-refractivity contribution in [2.24, 2.45) is 0 Å². The Morgan fingerprint density at radius 2 is 1.83 bits per heavy atom. The molecule has 0 bridgehead atoms. The quantitative estimate of drug-likeness (QED) is 0.790. The second-order valence-corrected chi connectivity index (χ2v) is 8.32. The number of hydrogen-bond donors (Lipinski definition) is 1. The Bertz CT molecular complexity index is 398. The molecule has 0 spiro atoms. The summed E-state index contributed by atoms with van der Waals surface area (Å²) in [5.41, 5.74) is 0. The molecule has 1 aliphatic rings. The molecule has 1 fully saturated rings. The van der Waals surface area contributed by atoms with Crippen LogP contribution >= 0.6 is 0 Å². The first-order chi connectivity index (χ1) is 8.15. The molecule has 1 rings (SSSR count). The Balaban J connectivity index is 2.50. The first-order valence-corrected chi connectivity index (χ1v) is 8.26. The molecule has 1 amide bonds. The fraction of sp³-hybridized carbons (Fsp3) is 0.917. The molecular formula is C12H24N2O3S. The van der Waals surface area contributed by atoms with Crippen LogP contribution in [0.1, 0.15) is 33.6 Å². The molecule has 1 aliphatic heterocycles. The average molecular weight is 276 g/mol. The third-order valence-corrected chi connectivity index (χ3v) is 5.78. The van der Waals surface area contributed by atoms with Crippen molar-refractivity contribution >= 4 is 15.7 Å². The normalized spacial score (nSPS) is 19.0. The van der Waals surface area contributed by atoms with Crippen molar-refractivity contribution in [2.75, 3.05) is 25.9 Å². The lowest BCUT2D eigenvalue weighted by Crippen LogP contribution is -2.50. The topological polar surface area (TPSA) is 66.5 Å². The van der Waals surface area contributed by atoms with E-state index in [1.54, 1.807) is 20.8 Å². The molecule has 0 aliphatic carbocycles. The number of nitrogens with zero attached hydrogens (tertiary/aromatic N) is 1. The SMILES string of the molecule is CC(NCC(C)(C)S(C)(=O)=O)C(=O)N1CCCC1. The van der Waals surface area contributed by atoms with Gasteiger partial charge in [-0.1, -0.05) is 0 Å². The second-order valence-electron chi connectivity index (χ2n) is 5.67. The number of likely N-dealkylation sites (tertiary alicyclic amines) is 1. The summed E-state index contributed by atoms with van der Waals surface area (Å²) >= 11 is 0. The van der Waals surface area contributed by atoms with E-state index in [0.29, 0.717) is 0 Å². The number of sulfone groups is 1. The van der Waals surface area contributed by atoms with Gasteiger partial charge in [-0.3, -0.25) is 4.79 Å². The van der Waals surface area contributed by atoms with Gasteiger partial charge in [-0.25, -0.2) is 8.42 Å². The van der Waals surface area contributed by atoms with Crippen molar-refractivity contribution in [3.05, 3.63) is 0 Å². The molecule has 0 aromatic carbocycles. The maximum atomic E-state index is 12.0. The highest BCUT2D eigenvalue weighted by Gasteiger charge is 2.31. The van der Waals surface area contributed by atoms with E-state index in [1.165, 1.54) is 6.26 Å². The van der Waals surface area contributed by atoms with Gasteiger partial charge in [0.05, 0.1) is 10.8 Å². The largest absolute Gasteiger partial charge is 0.341 e. The van der Waals surface area contributed by atoms with Gasteiger partial charge in [-0.2, -0.15) is 0 Å². The lowest BCUT2D eigenvalue weighted by Gasteiger charge is -2.27. The van der Waals surface area contributed by atoms with Gasteiger partial charge in [-0.15, -0.1) is 0 Å². The first-order valence-electron chi connectivity index (χ1n) is 6.37. The maximum absolute atomic E-state index is 12.0. The monoisotopic (exact) mass is 276 g/mol. The summed E-state index contributed by atoms with van der Waals surface area (Å²) < 4.78 is 22.3. The number of amides is 1. The van der Waals surface area contributed by atoms with E-state index in [-0.39, 0.29) is 18.5 Å². The Kier molecular flexibility index (Phi) is 4.78. The molecule has 0 aromatic heterocycles. The fourth-order valence-electron chi connectivity index (χ4n) is 1.83. The molecule has 106 valence electrons. The van der Waals surface area contributed by atoms with Gasteiger partial charge in [0.25, 0.3) is 0 Å². The minimum Gasteiger partial charge on any atom is -0.341 e. The Morgan fingerprint density at radius 3 is 2.28 bits per heavy atom. The van der Waals surface area contributed by atoms with Crippen LogP contribution in [0.5, 0.6) is 0 Å². The standard InChI is InChI=1S/C12H24N2O3S/c1-10(11(15)14-7-5-6-8-14)13-9-12(2,3)18(4,16)17/h10,13H,5-9H2,1-4H3. The van der Waals surface area contributed by atoms with Crippen LogP contribution in [0.25, 0.3) is 0 Å². The molecule has 1 unspecified atom stereocenters. The van der Waals surface area contributed by atoms with Gasteiger partial charge in [0.2, 0.25) is 5.91 Å². The van der Waals surface area contributed by atoms with E-state index in [1.807, 2.05) is 4.90 Å². The molecule has 0 saturated carbocycles. The Hall–Kier alpha value is -0.620. The molecule has 0 radical (unpaired) electrons. The zero-order valence-electron chi connectivity index (χ0n) is 11.7. The molecule has 1 saturated heterocycles. The van der Waals surface area contributed by atoms with Crippen molar-refractivity contribution in [3.63, 3.8) is 0 Å². The van der Waals surface area contributed by atoms with Crippen LogP contribution in [0, 0.1) is 0 Å². The molecule has 5 nitrogen and oxygen atoms in total. The zero-order chi connectivity index (χ0) is 14.0. The molecule has 0 aromatic rings. The van der Waals surface area contributed by atoms with E-state index >= 15 is 0 Å². The molecule has 1 N–H and O–H groups in total. The van der Waals surface area contributed by atoms with Gasteiger partial charge in [-0.05, 0) is 33.6 Å². The predicted octanol–water partition coefficient (Wildman–Crippen LogP) is 0.410. The van der Waals surface area contributed by atoms with Gasteiger partial charge in [0.1, 0.15) is 0 Å². The lowest BCUT2D eigenvalue weighted by molar-refractivity contribution is -0.131. The van der Waals surface area contributed by atoms with Crippen LogP contribution in [-0.2, 0) is 14.6 Å². The van der Waals surface area contributed by atoms with Crippen LogP contribution in [0.4, 0.5) is 0 Å². The van der Waals surface area contributed by atoms with E-state index in [4.69, 9.17) is 0 Å². The van der Waals surface area contributed by atoms with Crippen LogP contribution in [0.15, 0.2) is 0 Å². The number of nitrogens with one attached hydrogen (secondary N) is 1. The van der Waals surface area contributed by atoms with E-state index in [2.05, 4.69) is 5.32 Å². The summed E-state index contributed by atoms with van der Waals surface area (Å²) in [6.07, 6.45) is 3.35. The van der Waals surface area contributed by atoms with Gasteiger partial charge in [0, 0.05) is 25.9 Å². The summed E-state index contributed by atoms with van der Waals surface area (Å²) in [5, 5.41) is 3.04. The predicted molar refractivity (Wildman–Crippen MR) is 72.2 cm³/mol. The highest BCUT2D eigenvalue weighted by molar-refractivity contribution is 7.92. The van der Waals surface area contributed by atoms with E-state index in [0.717, 1.165) is 25.9 Å². The Morgan fingerprint density at radius 1 is 1.33 bits per heavy atom. The van der Waals surface area contributed by atoms with Gasteiger partial charge in [0.15, 0.2) is 9.84 Å². The van der Waals surface area contributed by atoms with Crippen molar-refractivity contribution in [1.29, 1.82) is 0 Å². The van der Waals surface area contributed by atoms with Crippen LogP contribution in [0.2, 0.25) is 0 Å². The Labute approximate surface area is 110 Å². The third kappa shape index (κ3) is 3.68. The number of carbonyl (C=O) groups is 1. The summed E-state index contributed by atoms with van der Waals surface area (Å²) in [7, 11) is -3.13. The van der Waals surface area contributed by atoms with E-state index in [9.17, 15) is 13.2 Å². The zero-order valence-corrected chi connectivity index (χ0v) is 12.5. The summed E-state index contributed by atoms with van der Waals surface area (Å²) in [6, 6.07) is -0.330. The van der Waals surface area contributed by atoms with Crippen molar-refractivity contribution in [2.45, 2.75) is 44.4 Å². The molecule has 1 atom stereocenters. The van der Waals surface area contributed by atoms with Crippen LogP contribution in [-0.4, -0.2) is 55.9 Å². The van der Waals surface area contributed by atoms with Crippen LogP contribution in [0.3, 0.4) is 0 Å².